The van der Waals surface area contributed by atoms with Gasteiger partial charge in [-0.15, -0.1) is 0 Å². The zero-order valence-corrected chi connectivity index (χ0v) is 13.5. The molecule has 2 N–H and O–H groups in total. The van der Waals surface area contributed by atoms with E-state index in [2.05, 4.69) is 23.6 Å². The first kappa shape index (κ1) is 14.8. The predicted octanol–water partition coefficient (Wildman–Crippen LogP) is 2.31. The summed E-state index contributed by atoms with van der Waals surface area (Å²) < 4.78 is 0. The van der Waals surface area contributed by atoms with Gasteiger partial charge in [-0.3, -0.25) is 4.90 Å². The largest absolute Gasteiger partial charge is 0.327 e. The molecule has 0 aromatic heterocycles. The van der Waals surface area contributed by atoms with Gasteiger partial charge in [0.2, 0.25) is 0 Å². The molecule has 2 aliphatic carbocycles. The van der Waals surface area contributed by atoms with Crippen LogP contribution in [0.4, 0.5) is 0 Å². The van der Waals surface area contributed by atoms with E-state index >= 15 is 0 Å². The summed E-state index contributed by atoms with van der Waals surface area (Å²) in [6, 6.07) is 1.31. The number of nitrogens with two attached hydrogens (primary N) is 1. The summed E-state index contributed by atoms with van der Waals surface area (Å²) in [4.78, 5) is 5.43. The molecule has 3 aliphatic rings. The molecule has 0 spiro atoms. The molecule has 1 saturated heterocycles. The summed E-state index contributed by atoms with van der Waals surface area (Å²) in [5, 5.41) is 0. The minimum absolute atomic E-state index is 0.357. The highest BCUT2D eigenvalue weighted by Gasteiger charge is 2.40. The molecular formula is C17H33N3. The van der Waals surface area contributed by atoms with E-state index in [1.165, 1.54) is 71.2 Å². The summed E-state index contributed by atoms with van der Waals surface area (Å²) in [6.07, 6.45) is 8.44. The molecule has 3 nitrogen and oxygen atoms in total. The third kappa shape index (κ3) is 3.05. The lowest BCUT2D eigenvalue weighted by Gasteiger charge is -2.39. The second-order valence-electron chi connectivity index (χ2n) is 8.09. The Labute approximate surface area is 124 Å². The third-order valence-corrected chi connectivity index (χ3v) is 6.31. The molecule has 2 atom stereocenters. The van der Waals surface area contributed by atoms with Crippen molar-refractivity contribution >= 4 is 0 Å². The van der Waals surface area contributed by atoms with E-state index in [1.54, 1.807) is 0 Å². The van der Waals surface area contributed by atoms with Crippen molar-refractivity contribution in [3.05, 3.63) is 0 Å². The lowest BCUT2D eigenvalue weighted by molar-refractivity contribution is 0.0843. The molecule has 3 rings (SSSR count). The Morgan fingerprint density at radius 3 is 2.20 bits per heavy atom. The van der Waals surface area contributed by atoms with Gasteiger partial charge in [0.25, 0.3) is 0 Å². The van der Waals surface area contributed by atoms with Crippen LogP contribution in [0.25, 0.3) is 0 Å². The summed E-state index contributed by atoms with van der Waals surface area (Å²) in [5.41, 5.74) is 6.82. The van der Waals surface area contributed by atoms with Crippen LogP contribution in [-0.2, 0) is 0 Å². The van der Waals surface area contributed by atoms with Crippen molar-refractivity contribution in [1.82, 2.24) is 9.80 Å². The van der Waals surface area contributed by atoms with E-state index in [4.69, 9.17) is 5.73 Å². The molecule has 3 heteroatoms. The Hall–Kier alpha value is -0.120. The standard InChI is InChI=1S/C17H33N3/c1-17(2)8-7-14(16(17)18)13-19-9-11-20(12-10-19)15-5-3-4-6-15/h14-16H,3-13,18H2,1-2H3. The molecule has 2 unspecified atom stereocenters. The van der Waals surface area contributed by atoms with Crippen molar-refractivity contribution in [2.24, 2.45) is 17.1 Å². The average Bonchev–Trinajstić information content (AvgIpc) is 3.04. The van der Waals surface area contributed by atoms with E-state index in [-0.39, 0.29) is 0 Å². The SMILES string of the molecule is CC1(C)CCC(CN2CCN(C3CCCC3)CC2)C1N. The molecule has 0 aromatic carbocycles. The van der Waals surface area contributed by atoms with Gasteiger partial charge in [0.05, 0.1) is 0 Å². The molecule has 1 heterocycles. The second kappa shape index (κ2) is 5.94. The lowest BCUT2D eigenvalue weighted by atomic mass is 9.85. The van der Waals surface area contributed by atoms with Gasteiger partial charge in [0.1, 0.15) is 0 Å². The Balaban J connectivity index is 1.45. The Kier molecular flexibility index (Phi) is 4.40. The highest BCUT2D eigenvalue weighted by Crippen LogP contribution is 2.40. The van der Waals surface area contributed by atoms with Crippen LogP contribution >= 0.6 is 0 Å². The number of hydrogen-bond acceptors (Lipinski definition) is 3. The lowest BCUT2D eigenvalue weighted by Crippen LogP contribution is -2.52. The topological polar surface area (TPSA) is 32.5 Å². The maximum Gasteiger partial charge on any atom is 0.0131 e. The van der Waals surface area contributed by atoms with E-state index in [0.717, 1.165) is 12.0 Å². The highest BCUT2D eigenvalue weighted by molar-refractivity contribution is 4.95. The molecular weight excluding hydrogens is 246 g/mol. The average molecular weight is 279 g/mol. The fourth-order valence-electron chi connectivity index (χ4n) is 4.66. The second-order valence-corrected chi connectivity index (χ2v) is 8.09. The van der Waals surface area contributed by atoms with Crippen LogP contribution in [0, 0.1) is 11.3 Å². The quantitative estimate of drug-likeness (QED) is 0.860. The smallest absolute Gasteiger partial charge is 0.0131 e. The fraction of sp³-hybridized carbons (Fsp3) is 1.00. The van der Waals surface area contributed by atoms with Crippen LogP contribution in [0.5, 0.6) is 0 Å². The Morgan fingerprint density at radius 2 is 1.65 bits per heavy atom. The predicted molar refractivity (Wildman–Crippen MR) is 84.7 cm³/mol. The number of hydrogen-bond donors (Lipinski definition) is 1. The van der Waals surface area contributed by atoms with E-state index in [0.29, 0.717) is 11.5 Å². The van der Waals surface area contributed by atoms with Crippen molar-refractivity contribution in [3.63, 3.8) is 0 Å². The Morgan fingerprint density at radius 1 is 1.00 bits per heavy atom. The zero-order chi connectivity index (χ0) is 14.2. The molecule has 1 aliphatic heterocycles. The van der Waals surface area contributed by atoms with Crippen LogP contribution in [0.1, 0.15) is 52.4 Å². The van der Waals surface area contributed by atoms with Crippen LogP contribution in [0.3, 0.4) is 0 Å². The van der Waals surface area contributed by atoms with Gasteiger partial charge in [-0.05, 0) is 37.0 Å². The van der Waals surface area contributed by atoms with Crippen molar-refractivity contribution in [2.45, 2.75) is 64.5 Å². The third-order valence-electron chi connectivity index (χ3n) is 6.31. The maximum atomic E-state index is 6.46. The van der Waals surface area contributed by atoms with Crippen LogP contribution in [-0.4, -0.2) is 54.6 Å². The van der Waals surface area contributed by atoms with Gasteiger partial charge < -0.3 is 10.6 Å². The first-order valence-corrected chi connectivity index (χ1v) is 8.78. The fourth-order valence-corrected chi connectivity index (χ4v) is 4.66. The molecule has 0 amide bonds. The zero-order valence-electron chi connectivity index (χ0n) is 13.5. The van der Waals surface area contributed by atoms with E-state index in [9.17, 15) is 0 Å². The van der Waals surface area contributed by atoms with Crippen LogP contribution < -0.4 is 5.73 Å². The number of piperazine rings is 1. The highest BCUT2D eigenvalue weighted by atomic mass is 15.3. The minimum Gasteiger partial charge on any atom is -0.327 e. The number of rotatable bonds is 3. The van der Waals surface area contributed by atoms with Crippen molar-refractivity contribution in [1.29, 1.82) is 0 Å². The van der Waals surface area contributed by atoms with Gasteiger partial charge >= 0.3 is 0 Å². The van der Waals surface area contributed by atoms with Crippen molar-refractivity contribution in [3.8, 4) is 0 Å². The molecule has 2 saturated carbocycles. The van der Waals surface area contributed by atoms with E-state index < -0.39 is 0 Å². The van der Waals surface area contributed by atoms with Gasteiger partial charge in [0, 0.05) is 44.8 Å². The van der Waals surface area contributed by atoms with Crippen LogP contribution in [0.2, 0.25) is 0 Å². The maximum absolute atomic E-state index is 6.46. The molecule has 0 bridgehead atoms. The van der Waals surface area contributed by atoms with Gasteiger partial charge in [-0.1, -0.05) is 26.7 Å². The van der Waals surface area contributed by atoms with Crippen LogP contribution in [0.15, 0.2) is 0 Å². The first-order valence-electron chi connectivity index (χ1n) is 8.78. The Bertz CT molecular complexity index is 314. The first-order chi connectivity index (χ1) is 9.56. The molecule has 0 radical (unpaired) electrons. The minimum atomic E-state index is 0.357. The summed E-state index contributed by atoms with van der Waals surface area (Å²) in [5.74, 6) is 0.725. The van der Waals surface area contributed by atoms with E-state index in [1.807, 2.05) is 0 Å². The van der Waals surface area contributed by atoms with Gasteiger partial charge in [-0.25, -0.2) is 0 Å². The van der Waals surface area contributed by atoms with Crippen molar-refractivity contribution < 1.29 is 0 Å². The monoisotopic (exact) mass is 279 g/mol. The normalized spacial score (nSPS) is 36.8. The molecule has 116 valence electrons. The summed E-state index contributed by atoms with van der Waals surface area (Å²) in [6.45, 7) is 11.0. The van der Waals surface area contributed by atoms with Gasteiger partial charge in [-0.2, -0.15) is 0 Å². The molecule has 20 heavy (non-hydrogen) atoms. The van der Waals surface area contributed by atoms with Gasteiger partial charge in [0.15, 0.2) is 0 Å². The summed E-state index contributed by atoms with van der Waals surface area (Å²) in [7, 11) is 0. The van der Waals surface area contributed by atoms with Crippen molar-refractivity contribution in [2.75, 3.05) is 32.7 Å². The molecule has 0 aromatic rings. The summed E-state index contributed by atoms with van der Waals surface area (Å²) >= 11 is 0. The molecule has 3 fully saturated rings. The number of nitrogens with zero attached hydrogens (tertiary/aromatic N) is 2.